The summed E-state index contributed by atoms with van der Waals surface area (Å²) in [4.78, 5) is 37.6. The number of benzene rings is 1. The zero-order valence-corrected chi connectivity index (χ0v) is 15.2. The van der Waals surface area contributed by atoms with Gasteiger partial charge in [-0.3, -0.25) is 14.4 Å². The molecule has 1 aromatic carbocycles. The molecule has 6 nitrogen and oxygen atoms in total. The molecule has 0 aliphatic heterocycles. The van der Waals surface area contributed by atoms with Gasteiger partial charge in [-0.05, 0) is 52.3 Å². The van der Waals surface area contributed by atoms with Crippen LogP contribution in [0.5, 0.6) is 0 Å². The number of esters is 1. The third kappa shape index (κ3) is 5.08. The molecule has 0 saturated carbocycles. The smallest absolute Gasteiger partial charge is 0.325 e. The molecule has 0 atom stereocenters. The van der Waals surface area contributed by atoms with E-state index < -0.39 is 11.5 Å². The van der Waals surface area contributed by atoms with Crippen molar-refractivity contribution in [3.05, 3.63) is 29.3 Å². The summed E-state index contributed by atoms with van der Waals surface area (Å²) >= 11 is 0. The third-order valence-electron chi connectivity index (χ3n) is 3.52. The summed E-state index contributed by atoms with van der Waals surface area (Å²) in [6, 6.07) is 5.13. The van der Waals surface area contributed by atoms with Crippen molar-refractivity contribution in [2.75, 3.05) is 18.5 Å². The van der Waals surface area contributed by atoms with Crippen molar-refractivity contribution >= 4 is 23.5 Å². The van der Waals surface area contributed by atoms with E-state index in [9.17, 15) is 14.4 Å². The van der Waals surface area contributed by atoms with Gasteiger partial charge in [0.15, 0.2) is 0 Å². The molecule has 0 heterocycles. The van der Waals surface area contributed by atoms with Gasteiger partial charge in [0.05, 0.1) is 6.61 Å². The summed E-state index contributed by atoms with van der Waals surface area (Å²) in [6.07, 6.45) is 0. The van der Waals surface area contributed by atoms with E-state index in [0.717, 1.165) is 0 Å². The van der Waals surface area contributed by atoms with Crippen LogP contribution in [0, 0.1) is 6.92 Å². The van der Waals surface area contributed by atoms with E-state index in [1.807, 2.05) is 20.8 Å². The molecule has 0 fully saturated rings. The first-order valence-electron chi connectivity index (χ1n) is 7.92. The van der Waals surface area contributed by atoms with Crippen LogP contribution in [0.4, 0.5) is 5.69 Å². The highest BCUT2D eigenvalue weighted by atomic mass is 16.5. The van der Waals surface area contributed by atoms with Gasteiger partial charge in [-0.15, -0.1) is 0 Å². The van der Waals surface area contributed by atoms with Gasteiger partial charge < -0.3 is 15.0 Å². The van der Waals surface area contributed by atoms with Crippen molar-refractivity contribution in [1.29, 1.82) is 0 Å². The van der Waals surface area contributed by atoms with Crippen LogP contribution in [0.15, 0.2) is 18.2 Å². The first kappa shape index (κ1) is 19.7. The predicted octanol–water partition coefficient (Wildman–Crippen LogP) is 2.76. The molecule has 1 N–H and O–H groups in total. The van der Waals surface area contributed by atoms with Gasteiger partial charge in [0, 0.05) is 23.7 Å². The summed E-state index contributed by atoms with van der Waals surface area (Å²) in [7, 11) is 0. The number of nitrogens with one attached hydrogen (secondary N) is 1. The molecule has 0 aliphatic rings. The summed E-state index contributed by atoms with van der Waals surface area (Å²) < 4.78 is 4.97. The first-order chi connectivity index (χ1) is 11.1. The quantitative estimate of drug-likeness (QED) is 0.840. The number of hydrogen-bond donors (Lipinski definition) is 1. The topological polar surface area (TPSA) is 75.7 Å². The van der Waals surface area contributed by atoms with E-state index in [1.165, 1.54) is 11.8 Å². The fraction of sp³-hybridized carbons (Fsp3) is 0.500. The Morgan fingerprint density at radius 1 is 1.21 bits per heavy atom. The van der Waals surface area contributed by atoms with Crippen molar-refractivity contribution in [2.24, 2.45) is 0 Å². The highest BCUT2D eigenvalue weighted by Gasteiger charge is 2.30. The Morgan fingerprint density at radius 2 is 1.83 bits per heavy atom. The minimum Gasteiger partial charge on any atom is -0.465 e. The van der Waals surface area contributed by atoms with Crippen LogP contribution < -0.4 is 5.32 Å². The van der Waals surface area contributed by atoms with E-state index in [0.29, 0.717) is 16.8 Å². The van der Waals surface area contributed by atoms with Gasteiger partial charge in [0.2, 0.25) is 5.91 Å². The Morgan fingerprint density at radius 3 is 2.33 bits per heavy atom. The van der Waals surface area contributed by atoms with E-state index in [4.69, 9.17) is 4.74 Å². The van der Waals surface area contributed by atoms with Gasteiger partial charge in [-0.2, -0.15) is 0 Å². The van der Waals surface area contributed by atoms with Crippen LogP contribution in [0.3, 0.4) is 0 Å². The average Bonchev–Trinajstić information content (AvgIpc) is 2.45. The summed E-state index contributed by atoms with van der Waals surface area (Å²) in [5, 5.41) is 2.71. The maximum atomic E-state index is 13.0. The molecule has 0 aromatic heterocycles. The van der Waals surface area contributed by atoms with Crippen molar-refractivity contribution in [1.82, 2.24) is 4.90 Å². The molecule has 0 saturated heterocycles. The van der Waals surface area contributed by atoms with E-state index in [1.54, 1.807) is 32.0 Å². The maximum absolute atomic E-state index is 13.0. The Hall–Kier alpha value is -2.37. The molecule has 1 aromatic rings. The Balaban J connectivity index is 3.19. The number of hydrogen-bond acceptors (Lipinski definition) is 4. The number of ether oxygens (including phenoxy) is 1. The molecule has 0 spiro atoms. The van der Waals surface area contributed by atoms with Crippen LogP contribution in [0.1, 0.15) is 50.5 Å². The zero-order chi connectivity index (χ0) is 18.5. The molecule has 0 unspecified atom stereocenters. The normalized spacial score (nSPS) is 10.9. The fourth-order valence-corrected chi connectivity index (χ4v) is 2.29. The lowest BCUT2D eigenvalue weighted by Gasteiger charge is -2.35. The average molecular weight is 334 g/mol. The Bertz CT molecular complexity index is 632. The largest absolute Gasteiger partial charge is 0.465 e. The summed E-state index contributed by atoms with van der Waals surface area (Å²) in [6.45, 7) is 10.6. The first-order valence-corrected chi connectivity index (χ1v) is 7.92. The summed E-state index contributed by atoms with van der Waals surface area (Å²) in [5.41, 5.74) is 1.13. The van der Waals surface area contributed by atoms with Gasteiger partial charge in [-0.1, -0.05) is 6.07 Å². The molecule has 2 amide bonds. The number of amides is 2. The van der Waals surface area contributed by atoms with Crippen molar-refractivity contribution in [3.63, 3.8) is 0 Å². The standard InChI is InChI=1S/C18H26N2O4/c1-7-24-16(22)11-20(18(4,5)6)17(23)14-9-8-10-15(12(14)2)19-13(3)21/h8-10H,7,11H2,1-6H3,(H,19,21). The molecule has 132 valence electrons. The molecule has 0 bridgehead atoms. The third-order valence-corrected chi connectivity index (χ3v) is 3.52. The monoisotopic (exact) mass is 334 g/mol. The Labute approximate surface area is 143 Å². The second-order valence-electron chi connectivity index (χ2n) is 6.53. The number of rotatable bonds is 5. The van der Waals surface area contributed by atoms with E-state index in [2.05, 4.69) is 5.32 Å². The van der Waals surface area contributed by atoms with Crippen LogP contribution in [-0.2, 0) is 14.3 Å². The van der Waals surface area contributed by atoms with E-state index in [-0.39, 0.29) is 25.0 Å². The fourth-order valence-electron chi connectivity index (χ4n) is 2.29. The van der Waals surface area contributed by atoms with Crippen molar-refractivity contribution < 1.29 is 19.1 Å². The van der Waals surface area contributed by atoms with Crippen LogP contribution in [0.2, 0.25) is 0 Å². The maximum Gasteiger partial charge on any atom is 0.325 e. The number of anilines is 1. The van der Waals surface area contributed by atoms with Gasteiger partial charge in [0.1, 0.15) is 6.54 Å². The lowest BCUT2D eigenvalue weighted by atomic mass is 10.0. The number of nitrogens with zero attached hydrogens (tertiary/aromatic N) is 1. The van der Waals surface area contributed by atoms with Gasteiger partial charge >= 0.3 is 5.97 Å². The van der Waals surface area contributed by atoms with Crippen LogP contribution >= 0.6 is 0 Å². The van der Waals surface area contributed by atoms with Gasteiger partial charge in [0.25, 0.3) is 5.91 Å². The molecule has 6 heteroatoms. The lowest BCUT2D eigenvalue weighted by Crippen LogP contribution is -2.48. The number of carbonyl (C=O) groups is 3. The molecular formula is C18H26N2O4. The predicted molar refractivity (Wildman–Crippen MR) is 92.9 cm³/mol. The minimum atomic E-state index is -0.555. The SMILES string of the molecule is CCOC(=O)CN(C(=O)c1cccc(NC(C)=O)c1C)C(C)(C)C. The van der Waals surface area contributed by atoms with Crippen molar-refractivity contribution in [3.8, 4) is 0 Å². The zero-order valence-electron chi connectivity index (χ0n) is 15.2. The Kier molecular flexibility index (Phi) is 6.51. The second-order valence-corrected chi connectivity index (χ2v) is 6.53. The van der Waals surface area contributed by atoms with Crippen LogP contribution in [0.25, 0.3) is 0 Å². The number of carbonyl (C=O) groups excluding carboxylic acids is 3. The van der Waals surface area contributed by atoms with Crippen molar-refractivity contribution in [2.45, 2.75) is 47.1 Å². The van der Waals surface area contributed by atoms with Crippen LogP contribution in [-0.4, -0.2) is 41.4 Å². The highest BCUT2D eigenvalue weighted by molar-refractivity contribution is 6.00. The lowest BCUT2D eigenvalue weighted by molar-refractivity contribution is -0.144. The molecule has 1 rings (SSSR count). The van der Waals surface area contributed by atoms with Gasteiger partial charge in [-0.25, -0.2) is 0 Å². The molecule has 24 heavy (non-hydrogen) atoms. The molecule has 0 radical (unpaired) electrons. The minimum absolute atomic E-state index is 0.125. The molecular weight excluding hydrogens is 308 g/mol. The van der Waals surface area contributed by atoms with E-state index >= 15 is 0 Å². The second kappa shape index (κ2) is 7.95. The highest BCUT2D eigenvalue weighted by Crippen LogP contribution is 2.24. The molecule has 0 aliphatic carbocycles. The summed E-state index contributed by atoms with van der Waals surface area (Å²) in [5.74, 6) is -0.932.